The van der Waals surface area contributed by atoms with Crippen LogP contribution in [0.1, 0.15) is 19.8 Å². The Morgan fingerprint density at radius 3 is 2.81 bits per heavy atom. The second kappa shape index (κ2) is 4.62. The third kappa shape index (κ3) is 2.17. The maximum absolute atomic E-state index is 2.51. The Morgan fingerprint density at radius 1 is 1.38 bits per heavy atom. The van der Waals surface area contributed by atoms with Gasteiger partial charge in [0.15, 0.2) is 0 Å². The van der Waals surface area contributed by atoms with E-state index in [1.165, 1.54) is 25.1 Å². The predicted octanol–water partition coefficient (Wildman–Crippen LogP) is 2.35. The third-order valence-electron chi connectivity index (χ3n) is 4.07. The largest absolute Gasteiger partial charge is 0.378 e. The van der Waals surface area contributed by atoms with Crippen LogP contribution in [0.25, 0.3) is 0 Å². The van der Waals surface area contributed by atoms with Crippen LogP contribution in [0.15, 0.2) is 23.9 Å². The van der Waals surface area contributed by atoms with Gasteiger partial charge in [0, 0.05) is 31.8 Å². The third-order valence-corrected chi connectivity index (χ3v) is 4.07. The van der Waals surface area contributed by atoms with Crippen LogP contribution >= 0.6 is 0 Å². The molecular weight excluding hydrogens is 196 g/mol. The van der Waals surface area contributed by atoms with E-state index in [4.69, 9.17) is 0 Å². The molecule has 1 saturated heterocycles. The second-order valence-corrected chi connectivity index (χ2v) is 5.51. The van der Waals surface area contributed by atoms with E-state index < -0.39 is 0 Å². The molecule has 0 saturated carbocycles. The maximum atomic E-state index is 2.51. The van der Waals surface area contributed by atoms with Crippen LogP contribution in [0.3, 0.4) is 0 Å². The SMILES string of the molecule is CC1CCCN(C)C2C=CC(N(C)C)=CC12. The highest BCUT2D eigenvalue weighted by molar-refractivity contribution is 5.27. The van der Waals surface area contributed by atoms with Crippen molar-refractivity contribution in [3.05, 3.63) is 23.9 Å². The van der Waals surface area contributed by atoms with Gasteiger partial charge in [-0.05, 0) is 38.4 Å². The minimum Gasteiger partial charge on any atom is -0.378 e. The Bertz CT molecular complexity index is 304. The number of nitrogens with zero attached hydrogens (tertiary/aromatic N) is 2. The summed E-state index contributed by atoms with van der Waals surface area (Å²) < 4.78 is 0. The molecule has 0 bridgehead atoms. The smallest absolute Gasteiger partial charge is 0.0345 e. The van der Waals surface area contributed by atoms with Crippen molar-refractivity contribution in [3.63, 3.8) is 0 Å². The van der Waals surface area contributed by atoms with Crippen molar-refractivity contribution in [1.29, 1.82) is 0 Å². The zero-order valence-corrected chi connectivity index (χ0v) is 11.0. The van der Waals surface area contributed by atoms with Gasteiger partial charge in [0.2, 0.25) is 0 Å². The first-order valence-corrected chi connectivity index (χ1v) is 6.37. The average Bonchev–Trinajstić information content (AvgIpc) is 2.40. The van der Waals surface area contributed by atoms with Crippen LogP contribution in [-0.4, -0.2) is 43.5 Å². The van der Waals surface area contributed by atoms with Crippen LogP contribution in [0.2, 0.25) is 0 Å². The van der Waals surface area contributed by atoms with Crippen LogP contribution in [0.5, 0.6) is 0 Å². The number of hydrogen-bond donors (Lipinski definition) is 0. The normalized spacial score (nSPS) is 35.2. The van der Waals surface area contributed by atoms with Gasteiger partial charge in [0.1, 0.15) is 0 Å². The number of rotatable bonds is 1. The summed E-state index contributed by atoms with van der Waals surface area (Å²) in [5.41, 5.74) is 1.36. The van der Waals surface area contributed by atoms with E-state index in [0.29, 0.717) is 12.0 Å². The Morgan fingerprint density at radius 2 is 2.12 bits per heavy atom. The molecule has 1 aliphatic heterocycles. The Balaban J connectivity index is 2.24. The molecule has 3 atom stereocenters. The van der Waals surface area contributed by atoms with E-state index in [-0.39, 0.29) is 0 Å². The van der Waals surface area contributed by atoms with E-state index in [0.717, 1.165) is 5.92 Å². The molecule has 3 unspecified atom stereocenters. The van der Waals surface area contributed by atoms with Gasteiger partial charge < -0.3 is 4.90 Å². The van der Waals surface area contributed by atoms with Crippen molar-refractivity contribution in [1.82, 2.24) is 9.80 Å². The van der Waals surface area contributed by atoms with Crippen LogP contribution in [0, 0.1) is 11.8 Å². The zero-order valence-electron chi connectivity index (χ0n) is 11.0. The summed E-state index contributed by atoms with van der Waals surface area (Å²) in [6.07, 6.45) is 9.83. The lowest BCUT2D eigenvalue weighted by Gasteiger charge is -2.34. The fourth-order valence-electron chi connectivity index (χ4n) is 2.92. The van der Waals surface area contributed by atoms with Gasteiger partial charge in [-0.1, -0.05) is 19.1 Å². The molecular formula is C14H24N2. The minimum absolute atomic E-state index is 0.612. The molecule has 0 spiro atoms. The monoisotopic (exact) mass is 220 g/mol. The Hall–Kier alpha value is -0.760. The molecule has 0 amide bonds. The standard InChI is InChI=1S/C14H24N2/c1-11-6-5-9-16(4)14-8-7-12(15(2)3)10-13(11)14/h7-8,10-11,13-14H,5-6,9H2,1-4H3. The summed E-state index contributed by atoms with van der Waals surface area (Å²) in [5, 5.41) is 0. The van der Waals surface area contributed by atoms with E-state index in [1.54, 1.807) is 0 Å². The quantitative estimate of drug-likeness (QED) is 0.669. The highest BCUT2D eigenvalue weighted by Gasteiger charge is 2.31. The molecule has 0 aromatic carbocycles. The van der Waals surface area contributed by atoms with Crippen molar-refractivity contribution in [2.24, 2.45) is 11.8 Å². The highest BCUT2D eigenvalue weighted by Crippen LogP contribution is 2.33. The Labute approximate surface area is 99.6 Å². The summed E-state index contributed by atoms with van der Waals surface area (Å²) in [6.45, 7) is 3.64. The summed E-state index contributed by atoms with van der Waals surface area (Å²) in [6, 6.07) is 0.612. The molecule has 0 aromatic heterocycles. The van der Waals surface area contributed by atoms with E-state index in [2.05, 4.69) is 56.1 Å². The van der Waals surface area contributed by atoms with E-state index in [1.807, 2.05) is 0 Å². The molecule has 1 aliphatic carbocycles. The molecule has 0 aromatic rings. The molecule has 1 heterocycles. The van der Waals surface area contributed by atoms with Crippen LogP contribution < -0.4 is 0 Å². The number of likely N-dealkylation sites (N-methyl/N-ethyl adjacent to an activating group) is 2. The first-order valence-electron chi connectivity index (χ1n) is 6.37. The first-order chi connectivity index (χ1) is 7.59. The Kier molecular flexibility index (Phi) is 3.38. The number of hydrogen-bond acceptors (Lipinski definition) is 2. The van der Waals surface area contributed by atoms with Gasteiger partial charge in [-0.2, -0.15) is 0 Å². The fraction of sp³-hybridized carbons (Fsp3) is 0.714. The molecule has 16 heavy (non-hydrogen) atoms. The molecule has 0 N–H and O–H groups in total. The van der Waals surface area contributed by atoms with E-state index >= 15 is 0 Å². The van der Waals surface area contributed by atoms with Gasteiger partial charge in [-0.15, -0.1) is 0 Å². The molecule has 2 aliphatic rings. The van der Waals surface area contributed by atoms with Gasteiger partial charge in [0.05, 0.1) is 0 Å². The molecule has 0 radical (unpaired) electrons. The summed E-state index contributed by atoms with van der Waals surface area (Å²) >= 11 is 0. The van der Waals surface area contributed by atoms with Crippen molar-refractivity contribution >= 4 is 0 Å². The lowest BCUT2D eigenvalue weighted by molar-refractivity contribution is 0.232. The molecule has 90 valence electrons. The topological polar surface area (TPSA) is 6.48 Å². The number of allylic oxidation sites excluding steroid dienone is 1. The van der Waals surface area contributed by atoms with Gasteiger partial charge in [-0.25, -0.2) is 0 Å². The maximum Gasteiger partial charge on any atom is 0.0345 e. The van der Waals surface area contributed by atoms with Crippen molar-refractivity contribution in [3.8, 4) is 0 Å². The van der Waals surface area contributed by atoms with Crippen LogP contribution in [-0.2, 0) is 0 Å². The van der Waals surface area contributed by atoms with Gasteiger partial charge in [-0.3, -0.25) is 4.90 Å². The fourth-order valence-corrected chi connectivity index (χ4v) is 2.92. The lowest BCUT2D eigenvalue weighted by Crippen LogP contribution is -2.38. The summed E-state index contributed by atoms with van der Waals surface area (Å²) in [5.74, 6) is 1.49. The molecule has 2 rings (SSSR count). The highest BCUT2D eigenvalue weighted by atomic mass is 15.1. The summed E-state index contributed by atoms with van der Waals surface area (Å²) in [4.78, 5) is 4.72. The van der Waals surface area contributed by atoms with Crippen molar-refractivity contribution < 1.29 is 0 Å². The van der Waals surface area contributed by atoms with Crippen molar-refractivity contribution in [2.45, 2.75) is 25.8 Å². The molecule has 2 heteroatoms. The lowest BCUT2D eigenvalue weighted by atomic mass is 9.82. The average molecular weight is 220 g/mol. The second-order valence-electron chi connectivity index (χ2n) is 5.51. The first kappa shape index (κ1) is 11.7. The van der Waals surface area contributed by atoms with Gasteiger partial charge in [0.25, 0.3) is 0 Å². The number of likely N-dealkylation sites (tertiary alicyclic amines) is 1. The molecule has 2 nitrogen and oxygen atoms in total. The molecule has 1 fully saturated rings. The zero-order chi connectivity index (χ0) is 11.7. The minimum atomic E-state index is 0.612. The van der Waals surface area contributed by atoms with Crippen molar-refractivity contribution in [2.75, 3.05) is 27.7 Å². The summed E-state index contributed by atoms with van der Waals surface area (Å²) in [7, 11) is 6.51. The number of fused-ring (bicyclic) bond motifs is 1. The van der Waals surface area contributed by atoms with Crippen LogP contribution in [0.4, 0.5) is 0 Å². The van der Waals surface area contributed by atoms with E-state index in [9.17, 15) is 0 Å². The predicted molar refractivity (Wildman–Crippen MR) is 69.2 cm³/mol. The van der Waals surface area contributed by atoms with Gasteiger partial charge >= 0.3 is 0 Å².